The van der Waals surface area contributed by atoms with Crippen molar-refractivity contribution in [2.24, 2.45) is 0 Å². The van der Waals surface area contributed by atoms with Crippen molar-refractivity contribution in [1.29, 1.82) is 5.26 Å². The highest BCUT2D eigenvalue weighted by molar-refractivity contribution is 5.97. The molecular weight excluding hydrogens is 254 g/mol. The normalized spacial score (nSPS) is 11.6. The molecule has 0 bridgehead atoms. The van der Waals surface area contributed by atoms with Gasteiger partial charge < -0.3 is 15.7 Å². The molecule has 1 amide bonds. The van der Waals surface area contributed by atoms with E-state index in [0.717, 1.165) is 5.56 Å². The first-order valence-electron chi connectivity index (χ1n) is 6.29. The largest absolute Gasteiger partial charge is 0.394 e. The Bertz CT molecular complexity index is 516. The van der Waals surface area contributed by atoms with E-state index in [1.54, 1.807) is 13.8 Å². The molecule has 0 heterocycles. The molecule has 0 aromatic heterocycles. The Morgan fingerprint density at radius 2 is 2.05 bits per heavy atom. The van der Waals surface area contributed by atoms with E-state index in [-0.39, 0.29) is 12.2 Å². The lowest BCUT2D eigenvalue weighted by Gasteiger charge is -2.22. The van der Waals surface area contributed by atoms with Gasteiger partial charge in [-0.1, -0.05) is 30.3 Å². The van der Waals surface area contributed by atoms with E-state index in [4.69, 9.17) is 10.4 Å². The van der Waals surface area contributed by atoms with Crippen molar-refractivity contribution in [3.05, 3.63) is 47.7 Å². The summed E-state index contributed by atoms with van der Waals surface area (Å²) in [7, 11) is 0. The molecule has 1 aromatic rings. The van der Waals surface area contributed by atoms with E-state index in [9.17, 15) is 4.79 Å². The van der Waals surface area contributed by atoms with Gasteiger partial charge in [0.25, 0.3) is 5.91 Å². The van der Waals surface area contributed by atoms with Crippen LogP contribution in [-0.4, -0.2) is 23.2 Å². The van der Waals surface area contributed by atoms with Gasteiger partial charge in [-0.25, -0.2) is 0 Å². The molecule has 3 N–H and O–H groups in total. The molecule has 20 heavy (non-hydrogen) atoms. The fourth-order valence-corrected chi connectivity index (χ4v) is 1.34. The Hall–Kier alpha value is -2.32. The van der Waals surface area contributed by atoms with Crippen LogP contribution < -0.4 is 10.6 Å². The maximum Gasteiger partial charge on any atom is 0.263 e. The Balaban J connectivity index is 2.60. The standard InChI is InChI=1S/C15H19N3O2/c1-15(2,11-19)18-10-13(8-16)14(20)17-9-12-6-4-3-5-7-12/h3-7,10,18-19H,9,11H2,1-2H3,(H,17,20)/b13-10-. The molecule has 0 aliphatic carbocycles. The highest BCUT2D eigenvalue weighted by Crippen LogP contribution is 2.02. The van der Waals surface area contributed by atoms with Crippen LogP contribution in [0.4, 0.5) is 0 Å². The van der Waals surface area contributed by atoms with Gasteiger partial charge in [0.2, 0.25) is 0 Å². The minimum absolute atomic E-state index is 0.0255. The SMILES string of the molecule is CC(C)(CO)N/C=C(/C#N)C(=O)NCc1ccccc1. The molecule has 0 spiro atoms. The Kier molecular flexibility index (Phi) is 5.75. The third-order valence-corrected chi connectivity index (χ3v) is 2.66. The van der Waals surface area contributed by atoms with Crippen LogP contribution in [0, 0.1) is 11.3 Å². The van der Waals surface area contributed by atoms with Crippen molar-refractivity contribution >= 4 is 5.91 Å². The van der Waals surface area contributed by atoms with Crippen LogP contribution in [0.1, 0.15) is 19.4 Å². The average molecular weight is 273 g/mol. The van der Waals surface area contributed by atoms with Crippen molar-refractivity contribution in [2.45, 2.75) is 25.9 Å². The molecule has 0 saturated carbocycles. The lowest BCUT2D eigenvalue weighted by molar-refractivity contribution is -0.117. The first kappa shape index (κ1) is 15.7. The van der Waals surface area contributed by atoms with Gasteiger partial charge in [0, 0.05) is 12.7 Å². The van der Waals surface area contributed by atoms with Gasteiger partial charge in [-0.3, -0.25) is 4.79 Å². The number of amides is 1. The highest BCUT2D eigenvalue weighted by Gasteiger charge is 2.15. The number of aliphatic hydroxyl groups is 1. The third-order valence-electron chi connectivity index (χ3n) is 2.66. The van der Waals surface area contributed by atoms with Crippen molar-refractivity contribution < 1.29 is 9.90 Å². The molecule has 0 aliphatic rings. The van der Waals surface area contributed by atoms with Gasteiger partial charge >= 0.3 is 0 Å². The molecule has 1 rings (SSSR count). The molecule has 106 valence electrons. The summed E-state index contributed by atoms with van der Waals surface area (Å²) in [6.45, 7) is 3.79. The summed E-state index contributed by atoms with van der Waals surface area (Å²) in [4.78, 5) is 11.8. The predicted molar refractivity (Wildman–Crippen MR) is 76.3 cm³/mol. The first-order chi connectivity index (χ1) is 9.48. The summed E-state index contributed by atoms with van der Waals surface area (Å²) in [6.07, 6.45) is 1.33. The van der Waals surface area contributed by atoms with Crippen LogP contribution in [0.25, 0.3) is 0 Å². The van der Waals surface area contributed by atoms with E-state index in [1.165, 1.54) is 6.20 Å². The van der Waals surface area contributed by atoms with Crippen LogP contribution in [0.5, 0.6) is 0 Å². The number of carbonyl (C=O) groups is 1. The molecule has 5 heteroatoms. The van der Waals surface area contributed by atoms with Crippen molar-refractivity contribution in [2.75, 3.05) is 6.61 Å². The zero-order chi connectivity index (χ0) is 15.0. The summed E-state index contributed by atoms with van der Waals surface area (Å²) in [5, 5.41) is 23.6. The topological polar surface area (TPSA) is 85.2 Å². The second kappa shape index (κ2) is 7.31. The van der Waals surface area contributed by atoms with Crippen LogP contribution in [-0.2, 0) is 11.3 Å². The molecule has 0 radical (unpaired) electrons. The molecule has 0 atom stereocenters. The lowest BCUT2D eigenvalue weighted by Crippen LogP contribution is -2.40. The summed E-state index contributed by atoms with van der Waals surface area (Å²) < 4.78 is 0. The van der Waals surface area contributed by atoms with E-state index < -0.39 is 11.4 Å². The van der Waals surface area contributed by atoms with Crippen LogP contribution in [0.15, 0.2) is 42.1 Å². The maximum atomic E-state index is 11.8. The number of aliphatic hydroxyl groups excluding tert-OH is 1. The minimum atomic E-state index is -0.582. The van der Waals surface area contributed by atoms with Gasteiger partial charge in [-0.2, -0.15) is 5.26 Å². The molecule has 1 aromatic carbocycles. The number of nitriles is 1. The summed E-state index contributed by atoms with van der Waals surface area (Å²) >= 11 is 0. The van der Waals surface area contributed by atoms with Crippen LogP contribution >= 0.6 is 0 Å². The molecular formula is C15H19N3O2. The zero-order valence-corrected chi connectivity index (χ0v) is 11.7. The van der Waals surface area contributed by atoms with E-state index in [1.807, 2.05) is 36.4 Å². The van der Waals surface area contributed by atoms with Crippen LogP contribution in [0.3, 0.4) is 0 Å². The van der Waals surface area contributed by atoms with E-state index in [0.29, 0.717) is 6.54 Å². The second-order valence-corrected chi connectivity index (χ2v) is 5.02. The number of nitrogens with zero attached hydrogens (tertiary/aromatic N) is 1. The fourth-order valence-electron chi connectivity index (χ4n) is 1.34. The van der Waals surface area contributed by atoms with Gasteiger partial charge in [0.05, 0.1) is 12.1 Å². The van der Waals surface area contributed by atoms with Gasteiger partial charge in [0.1, 0.15) is 11.6 Å². The minimum Gasteiger partial charge on any atom is -0.394 e. The van der Waals surface area contributed by atoms with Crippen molar-refractivity contribution in [3.8, 4) is 6.07 Å². The quantitative estimate of drug-likeness (QED) is 0.534. The molecule has 5 nitrogen and oxygen atoms in total. The summed E-state index contributed by atoms with van der Waals surface area (Å²) in [6, 6.07) is 11.3. The third kappa shape index (κ3) is 5.12. The number of carbonyl (C=O) groups excluding carboxylic acids is 1. The predicted octanol–water partition coefficient (Wildman–Crippen LogP) is 1.07. The highest BCUT2D eigenvalue weighted by atomic mass is 16.3. The van der Waals surface area contributed by atoms with Crippen LogP contribution in [0.2, 0.25) is 0 Å². The zero-order valence-electron chi connectivity index (χ0n) is 11.7. The van der Waals surface area contributed by atoms with Gasteiger partial charge in [-0.05, 0) is 19.4 Å². The Labute approximate surface area is 118 Å². The number of benzene rings is 1. The Morgan fingerprint density at radius 1 is 1.40 bits per heavy atom. The van der Waals surface area contributed by atoms with E-state index in [2.05, 4.69) is 10.6 Å². The van der Waals surface area contributed by atoms with Crippen molar-refractivity contribution in [1.82, 2.24) is 10.6 Å². The van der Waals surface area contributed by atoms with E-state index >= 15 is 0 Å². The second-order valence-electron chi connectivity index (χ2n) is 5.02. The van der Waals surface area contributed by atoms with Gasteiger partial charge in [-0.15, -0.1) is 0 Å². The molecule has 0 aliphatic heterocycles. The molecule has 0 unspecified atom stereocenters. The molecule has 0 fully saturated rings. The number of nitrogens with one attached hydrogen (secondary N) is 2. The summed E-state index contributed by atoms with van der Waals surface area (Å²) in [5.41, 5.74) is 0.353. The first-order valence-corrected chi connectivity index (χ1v) is 6.29. The van der Waals surface area contributed by atoms with Crippen molar-refractivity contribution in [3.63, 3.8) is 0 Å². The maximum absolute atomic E-state index is 11.8. The smallest absolute Gasteiger partial charge is 0.263 e. The lowest BCUT2D eigenvalue weighted by atomic mass is 10.1. The number of hydrogen-bond donors (Lipinski definition) is 3. The monoisotopic (exact) mass is 273 g/mol. The van der Waals surface area contributed by atoms with Gasteiger partial charge in [0.15, 0.2) is 0 Å². The Morgan fingerprint density at radius 3 is 2.60 bits per heavy atom. The number of hydrogen-bond acceptors (Lipinski definition) is 4. The number of rotatable bonds is 6. The fraction of sp³-hybridized carbons (Fsp3) is 0.333. The summed E-state index contributed by atoms with van der Waals surface area (Å²) in [5.74, 6) is -0.447. The average Bonchev–Trinajstić information content (AvgIpc) is 2.46. The molecule has 0 saturated heterocycles.